The average molecular weight is 454 g/mol. The lowest BCUT2D eigenvalue weighted by molar-refractivity contribution is 0.0691. The van der Waals surface area contributed by atoms with Gasteiger partial charge < -0.3 is 9.84 Å². The number of aromatic nitrogens is 3. The van der Waals surface area contributed by atoms with E-state index in [9.17, 15) is 9.90 Å². The Balaban J connectivity index is 1.71. The van der Waals surface area contributed by atoms with Gasteiger partial charge in [-0.3, -0.25) is 0 Å². The number of carboxylic acid groups (broad SMARTS) is 1. The van der Waals surface area contributed by atoms with Crippen LogP contribution in [-0.4, -0.2) is 25.8 Å². The van der Waals surface area contributed by atoms with E-state index in [0.717, 1.165) is 22.4 Å². The molecule has 5 rings (SSSR count). The third-order valence-electron chi connectivity index (χ3n) is 5.05. The maximum atomic E-state index is 11.4. The van der Waals surface area contributed by atoms with Gasteiger partial charge in [0.15, 0.2) is 11.4 Å². The van der Waals surface area contributed by atoms with Gasteiger partial charge >= 0.3 is 5.97 Å². The van der Waals surface area contributed by atoms with Gasteiger partial charge in [-0.05, 0) is 5.56 Å². The number of carbonyl (C=O) groups is 1. The van der Waals surface area contributed by atoms with Crippen LogP contribution in [0.3, 0.4) is 0 Å². The summed E-state index contributed by atoms with van der Waals surface area (Å²) >= 11 is 1.22. The predicted molar refractivity (Wildman–Crippen MR) is 128 cm³/mol. The van der Waals surface area contributed by atoms with Crippen LogP contribution in [0.25, 0.3) is 27.6 Å². The minimum atomic E-state index is -1.07. The van der Waals surface area contributed by atoms with Crippen molar-refractivity contribution >= 4 is 17.3 Å². The first-order valence-corrected chi connectivity index (χ1v) is 11.2. The first kappa shape index (κ1) is 20.7. The molecule has 0 aliphatic heterocycles. The van der Waals surface area contributed by atoms with Crippen molar-refractivity contribution in [3.8, 4) is 33.4 Å². The van der Waals surface area contributed by atoms with Crippen molar-refractivity contribution in [1.82, 2.24) is 14.8 Å². The fraction of sp³-hybridized carbons (Fsp3) is 0.0385. The molecule has 7 heteroatoms. The largest absolute Gasteiger partial charge is 0.484 e. The molecular weight excluding hydrogens is 434 g/mol. The van der Waals surface area contributed by atoms with Gasteiger partial charge in [0.25, 0.3) is 0 Å². The lowest BCUT2D eigenvalue weighted by Gasteiger charge is -2.11. The van der Waals surface area contributed by atoms with E-state index in [0.29, 0.717) is 23.2 Å². The molecule has 0 saturated heterocycles. The summed E-state index contributed by atoms with van der Waals surface area (Å²) in [7, 11) is 0. The van der Waals surface area contributed by atoms with Gasteiger partial charge in [-0.25, -0.2) is 14.5 Å². The second kappa shape index (κ2) is 9.10. The minimum absolute atomic E-state index is 0.0162. The molecule has 5 aromatic rings. The maximum absolute atomic E-state index is 11.4. The first-order chi connectivity index (χ1) is 16.2. The third-order valence-corrected chi connectivity index (χ3v) is 5.87. The van der Waals surface area contributed by atoms with Crippen molar-refractivity contribution in [2.24, 2.45) is 0 Å². The van der Waals surface area contributed by atoms with Crippen molar-refractivity contribution in [1.29, 1.82) is 0 Å². The van der Waals surface area contributed by atoms with Gasteiger partial charge in [-0.2, -0.15) is 5.10 Å². The molecule has 0 amide bonds. The number of carboxylic acids is 1. The summed E-state index contributed by atoms with van der Waals surface area (Å²) < 4.78 is 8.07. The fourth-order valence-corrected chi connectivity index (χ4v) is 4.26. The average Bonchev–Trinajstić information content (AvgIpc) is 3.50. The number of hydrogen-bond acceptors (Lipinski definition) is 5. The van der Waals surface area contributed by atoms with Gasteiger partial charge in [0.05, 0.1) is 0 Å². The Kier molecular flexibility index (Phi) is 5.70. The van der Waals surface area contributed by atoms with Crippen LogP contribution >= 0.6 is 11.3 Å². The second-order valence-electron chi connectivity index (χ2n) is 7.26. The van der Waals surface area contributed by atoms with E-state index in [-0.39, 0.29) is 5.69 Å². The molecule has 0 aliphatic rings. The number of thiazole rings is 1. The molecule has 3 aromatic carbocycles. The third kappa shape index (κ3) is 4.26. The first-order valence-electron chi connectivity index (χ1n) is 10.3. The Labute approximate surface area is 194 Å². The van der Waals surface area contributed by atoms with Crippen LogP contribution in [0.2, 0.25) is 0 Å². The summed E-state index contributed by atoms with van der Waals surface area (Å²) in [6.07, 6.45) is 0. The number of hydrogen-bond donors (Lipinski definition) is 1. The van der Waals surface area contributed by atoms with Gasteiger partial charge in [-0.15, -0.1) is 11.3 Å². The summed E-state index contributed by atoms with van der Waals surface area (Å²) in [6, 6.07) is 29.5. The molecule has 0 bridgehead atoms. The molecule has 33 heavy (non-hydrogen) atoms. The van der Waals surface area contributed by atoms with Crippen molar-refractivity contribution in [2.45, 2.75) is 6.61 Å². The highest BCUT2D eigenvalue weighted by molar-refractivity contribution is 7.12. The zero-order valence-electron chi connectivity index (χ0n) is 17.5. The molecule has 0 radical (unpaired) electrons. The van der Waals surface area contributed by atoms with Gasteiger partial charge in [0.1, 0.15) is 18.0 Å². The van der Waals surface area contributed by atoms with Gasteiger partial charge in [-0.1, -0.05) is 91.0 Å². The van der Waals surface area contributed by atoms with Crippen molar-refractivity contribution < 1.29 is 14.6 Å². The summed E-state index contributed by atoms with van der Waals surface area (Å²) in [5.41, 5.74) is 4.19. The van der Waals surface area contributed by atoms with E-state index in [1.54, 1.807) is 4.68 Å². The van der Waals surface area contributed by atoms with E-state index >= 15 is 0 Å². The van der Waals surface area contributed by atoms with Gasteiger partial charge in [0, 0.05) is 16.5 Å². The van der Waals surface area contributed by atoms with E-state index in [1.165, 1.54) is 16.7 Å². The van der Waals surface area contributed by atoms with Crippen LogP contribution in [0.1, 0.15) is 16.1 Å². The summed E-state index contributed by atoms with van der Waals surface area (Å²) in [5.74, 6) is -0.460. The standard InChI is InChI=1S/C26H19N3O3S/c30-25(31)21-17-33-26(27-21)29-23(20-14-8-3-9-15-20)24(32-16-18-10-4-1-5-11-18)22(28-29)19-12-6-2-7-13-19/h1-15,17H,16H2,(H,30,31). The monoisotopic (exact) mass is 453 g/mol. The highest BCUT2D eigenvalue weighted by atomic mass is 32.1. The van der Waals surface area contributed by atoms with Crippen LogP contribution in [0.15, 0.2) is 96.4 Å². The lowest BCUT2D eigenvalue weighted by Crippen LogP contribution is -2.02. The second-order valence-corrected chi connectivity index (χ2v) is 8.10. The molecule has 0 unspecified atom stereocenters. The Bertz CT molecular complexity index is 1380. The number of benzene rings is 3. The molecule has 0 saturated carbocycles. The molecule has 2 aromatic heterocycles. The molecular formula is C26H19N3O3S. The van der Waals surface area contributed by atoms with Crippen LogP contribution in [0, 0.1) is 0 Å². The van der Waals surface area contributed by atoms with Crippen LogP contribution < -0.4 is 4.74 Å². The van der Waals surface area contributed by atoms with E-state index in [4.69, 9.17) is 9.84 Å². The summed E-state index contributed by atoms with van der Waals surface area (Å²) in [6.45, 7) is 0.366. The molecule has 0 aliphatic carbocycles. The molecule has 0 spiro atoms. The Morgan fingerprint density at radius 3 is 2.09 bits per heavy atom. The zero-order chi connectivity index (χ0) is 22.6. The highest BCUT2D eigenvalue weighted by Gasteiger charge is 2.25. The number of aromatic carboxylic acids is 1. The zero-order valence-corrected chi connectivity index (χ0v) is 18.3. The molecule has 6 nitrogen and oxygen atoms in total. The van der Waals surface area contributed by atoms with E-state index in [1.807, 2.05) is 91.0 Å². The fourth-order valence-electron chi connectivity index (χ4n) is 3.50. The van der Waals surface area contributed by atoms with Crippen molar-refractivity contribution in [3.63, 3.8) is 0 Å². The smallest absolute Gasteiger partial charge is 0.355 e. The molecule has 0 fully saturated rings. The molecule has 162 valence electrons. The highest BCUT2D eigenvalue weighted by Crippen LogP contribution is 2.41. The normalized spacial score (nSPS) is 10.8. The Morgan fingerprint density at radius 1 is 0.879 bits per heavy atom. The number of nitrogens with zero attached hydrogens (tertiary/aromatic N) is 3. The van der Waals surface area contributed by atoms with Crippen LogP contribution in [-0.2, 0) is 6.61 Å². The van der Waals surface area contributed by atoms with Crippen LogP contribution in [0.5, 0.6) is 5.75 Å². The molecule has 1 N–H and O–H groups in total. The van der Waals surface area contributed by atoms with E-state index in [2.05, 4.69) is 4.98 Å². The number of ether oxygens (including phenoxy) is 1. The SMILES string of the molecule is O=C(O)c1csc(-n2nc(-c3ccccc3)c(OCc3ccccc3)c2-c2ccccc2)n1. The maximum Gasteiger partial charge on any atom is 0.355 e. The summed E-state index contributed by atoms with van der Waals surface area (Å²) in [5, 5.41) is 16.2. The molecule has 2 heterocycles. The quantitative estimate of drug-likeness (QED) is 0.330. The minimum Gasteiger partial charge on any atom is -0.484 e. The Morgan fingerprint density at radius 2 is 1.48 bits per heavy atom. The predicted octanol–water partition coefficient (Wildman–Crippen LogP) is 5.94. The Hall–Kier alpha value is -4.23. The van der Waals surface area contributed by atoms with Crippen LogP contribution in [0.4, 0.5) is 0 Å². The lowest BCUT2D eigenvalue weighted by atomic mass is 10.1. The molecule has 0 atom stereocenters. The topological polar surface area (TPSA) is 77.2 Å². The van der Waals surface area contributed by atoms with Crippen molar-refractivity contribution in [2.75, 3.05) is 0 Å². The van der Waals surface area contributed by atoms with Crippen molar-refractivity contribution in [3.05, 3.63) is 108 Å². The number of rotatable bonds is 7. The summed E-state index contributed by atoms with van der Waals surface area (Å²) in [4.78, 5) is 15.7. The van der Waals surface area contributed by atoms with Gasteiger partial charge in [0.2, 0.25) is 5.13 Å². The van der Waals surface area contributed by atoms with E-state index < -0.39 is 5.97 Å².